The molecule has 2 N–H and O–H groups in total. The molecule has 2 aliphatic heterocycles. The molecule has 0 radical (unpaired) electrons. The molecule has 4 heterocycles. The summed E-state index contributed by atoms with van der Waals surface area (Å²) in [7, 11) is 9.73. The van der Waals surface area contributed by atoms with Gasteiger partial charge >= 0.3 is 0 Å². The second-order valence-corrected chi connectivity index (χ2v) is 12.6. The summed E-state index contributed by atoms with van der Waals surface area (Å²) in [6.45, 7) is 3.77. The molecule has 8 rings (SSSR count). The van der Waals surface area contributed by atoms with E-state index in [9.17, 15) is 10.2 Å². The number of methoxy groups -OCH3 is 6. The lowest BCUT2D eigenvalue weighted by Crippen LogP contribution is -2.40. The predicted octanol–water partition coefficient (Wildman–Crippen LogP) is 6.47. The van der Waals surface area contributed by atoms with Crippen molar-refractivity contribution in [1.82, 2.24) is 0 Å². The fraction of sp³-hybridized carbons (Fsp3) is 0.268. The van der Waals surface area contributed by atoms with Crippen molar-refractivity contribution < 1.29 is 47.8 Å². The summed E-state index contributed by atoms with van der Waals surface area (Å²) >= 11 is 0. The van der Waals surface area contributed by atoms with Crippen molar-refractivity contribution in [2.45, 2.75) is 32.9 Å². The van der Waals surface area contributed by atoms with Crippen molar-refractivity contribution in [3.8, 4) is 68.5 Å². The van der Waals surface area contributed by atoms with E-state index in [1.807, 2.05) is 42.7 Å². The quantitative estimate of drug-likeness (QED) is 0.192. The van der Waals surface area contributed by atoms with Crippen LogP contribution in [-0.4, -0.2) is 52.9 Å². The molecule has 2 aliphatic rings. The number of aryl methyl sites for hydroxylation is 5. The Balaban J connectivity index is 0.000000159. The third-order valence-electron chi connectivity index (χ3n) is 10.0. The van der Waals surface area contributed by atoms with Crippen molar-refractivity contribution in [2.24, 2.45) is 0 Å². The van der Waals surface area contributed by atoms with Gasteiger partial charge < -0.3 is 38.6 Å². The van der Waals surface area contributed by atoms with Crippen LogP contribution in [0, 0.1) is 6.92 Å². The molecule has 0 saturated heterocycles. The van der Waals surface area contributed by atoms with E-state index in [0.717, 1.165) is 92.8 Å². The third-order valence-corrected chi connectivity index (χ3v) is 10.0. The Morgan fingerprint density at radius 3 is 1.61 bits per heavy atom. The van der Waals surface area contributed by atoms with E-state index in [-0.39, 0.29) is 11.5 Å². The van der Waals surface area contributed by atoms with Crippen molar-refractivity contribution in [3.05, 3.63) is 83.7 Å². The first kappa shape index (κ1) is 33.6. The van der Waals surface area contributed by atoms with Crippen LogP contribution in [0.1, 0.15) is 16.7 Å². The van der Waals surface area contributed by atoms with Gasteiger partial charge in [0, 0.05) is 29.9 Å². The lowest BCUT2D eigenvalue weighted by atomic mass is 9.91. The lowest BCUT2D eigenvalue weighted by Gasteiger charge is -2.20. The summed E-state index contributed by atoms with van der Waals surface area (Å²) in [4.78, 5) is 0. The van der Waals surface area contributed by atoms with Gasteiger partial charge in [-0.3, -0.25) is 0 Å². The van der Waals surface area contributed by atoms with E-state index in [1.54, 1.807) is 54.8 Å². The molecular formula is C41H42N2O8+2. The van der Waals surface area contributed by atoms with E-state index in [4.69, 9.17) is 28.4 Å². The van der Waals surface area contributed by atoms with Crippen molar-refractivity contribution >= 4 is 21.5 Å². The Labute approximate surface area is 296 Å². The molecule has 0 spiro atoms. The third kappa shape index (κ3) is 5.60. The molecule has 10 heteroatoms. The smallest absolute Gasteiger partial charge is 0.216 e. The van der Waals surface area contributed by atoms with Crippen LogP contribution < -0.4 is 37.6 Å². The maximum absolute atomic E-state index is 10.5. The largest absolute Gasteiger partial charge is 0.504 e. The Kier molecular flexibility index (Phi) is 8.85. The van der Waals surface area contributed by atoms with Crippen molar-refractivity contribution in [2.75, 3.05) is 42.7 Å². The van der Waals surface area contributed by atoms with Crippen LogP contribution >= 0.6 is 0 Å². The maximum Gasteiger partial charge on any atom is 0.216 e. The molecule has 6 aromatic rings. The summed E-state index contributed by atoms with van der Waals surface area (Å²) < 4.78 is 36.7. The number of fused-ring (bicyclic) bond motifs is 8. The average Bonchev–Trinajstić information content (AvgIpc) is 3.16. The van der Waals surface area contributed by atoms with Crippen LogP contribution in [0.15, 0.2) is 67.0 Å². The van der Waals surface area contributed by atoms with E-state index < -0.39 is 0 Å². The highest BCUT2D eigenvalue weighted by Crippen LogP contribution is 2.42. The summed E-state index contributed by atoms with van der Waals surface area (Å²) in [5, 5.41) is 24.5. The summed E-state index contributed by atoms with van der Waals surface area (Å²) in [5.74, 6) is 4.26. The number of phenolic OH excluding ortho intramolecular Hbond substituents is 2. The Morgan fingerprint density at radius 1 is 0.510 bits per heavy atom. The number of aromatic nitrogens is 2. The molecule has 0 aliphatic carbocycles. The number of benzene rings is 4. The topological polar surface area (TPSA) is 104 Å². The van der Waals surface area contributed by atoms with Crippen LogP contribution in [0.4, 0.5) is 0 Å². The molecule has 0 unspecified atom stereocenters. The molecule has 0 saturated carbocycles. The van der Waals surface area contributed by atoms with E-state index in [2.05, 4.69) is 28.2 Å². The standard InChI is InChI=1S/C21H21NO4.C20H19NO4/c1-12-14-5-6-17(24-2)21(23)16(14)11-22-8-7-13-9-18(25-3)19(26-4)10-15(13)20(12)22;1-23-17-5-4-12-8-16-14-10-19(25-3)18(24-2)9-13(14)6-7-21(16)11-15(12)20(17)22/h5-6,9-11H,7-8H2,1-4H3;4-5,8-11H,6-7H2,1-3H3/p+2. The van der Waals surface area contributed by atoms with Crippen LogP contribution in [0.25, 0.3) is 44.1 Å². The summed E-state index contributed by atoms with van der Waals surface area (Å²) in [6.07, 6.45) is 5.78. The van der Waals surface area contributed by atoms with Crippen molar-refractivity contribution in [3.63, 3.8) is 0 Å². The first-order valence-electron chi connectivity index (χ1n) is 16.7. The van der Waals surface area contributed by atoms with Crippen LogP contribution in [0.2, 0.25) is 0 Å². The number of hydrogen-bond donors (Lipinski definition) is 2. The average molecular weight is 691 g/mol. The summed E-state index contributed by atoms with van der Waals surface area (Å²) in [6, 6.07) is 17.8. The van der Waals surface area contributed by atoms with E-state index >= 15 is 0 Å². The van der Waals surface area contributed by atoms with Gasteiger partial charge in [0.05, 0.1) is 64.6 Å². The van der Waals surface area contributed by atoms with Gasteiger partial charge in [-0.2, -0.15) is 9.13 Å². The number of pyridine rings is 2. The van der Waals surface area contributed by atoms with E-state index in [1.165, 1.54) is 11.1 Å². The van der Waals surface area contributed by atoms with Crippen LogP contribution in [0.3, 0.4) is 0 Å². The predicted molar refractivity (Wildman–Crippen MR) is 194 cm³/mol. The first-order chi connectivity index (χ1) is 24.7. The fourth-order valence-electron chi connectivity index (χ4n) is 7.41. The minimum absolute atomic E-state index is 0.174. The molecule has 262 valence electrons. The van der Waals surface area contributed by atoms with Gasteiger partial charge in [0.1, 0.15) is 0 Å². The Hall–Kier alpha value is -5.90. The molecule has 2 aromatic heterocycles. The summed E-state index contributed by atoms with van der Waals surface area (Å²) in [5.41, 5.74) is 8.10. The zero-order valence-corrected chi connectivity index (χ0v) is 29.9. The molecule has 10 nitrogen and oxygen atoms in total. The molecule has 51 heavy (non-hydrogen) atoms. The van der Waals surface area contributed by atoms with Gasteiger partial charge in [-0.1, -0.05) is 0 Å². The molecular weight excluding hydrogens is 648 g/mol. The number of ether oxygens (including phenoxy) is 6. The van der Waals surface area contributed by atoms with Crippen LogP contribution in [0.5, 0.6) is 46.0 Å². The zero-order chi connectivity index (χ0) is 36.0. The number of nitrogens with zero attached hydrogens (tertiary/aromatic N) is 2. The Morgan fingerprint density at radius 2 is 1.00 bits per heavy atom. The van der Waals surface area contributed by atoms with Gasteiger partial charge in [-0.25, -0.2) is 0 Å². The SMILES string of the molecule is COc1cc2c(cc1OC)-c1c(C)c3ccc(OC)c(O)c3c[n+]1CC2.COc1cc2c(cc1OC)-c1cc3ccc(OC)c(O)c3c[n+]1CC2. The molecule has 0 fully saturated rings. The van der Waals surface area contributed by atoms with Gasteiger partial charge in [-0.15, -0.1) is 0 Å². The van der Waals surface area contributed by atoms with Crippen LogP contribution in [-0.2, 0) is 25.9 Å². The molecule has 0 bridgehead atoms. The van der Waals surface area contributed by atoms with E-state index in [0.29, 0.717) is 17.2 Å². The first-order valence-corrected chi connectivity index (χ1v) is 16.7. The van der Waals surface area contributed by atoms with Gasteiger partial charge in [-0.05, 0) is 72.0 Å². The highest BCUT2D eigenvalue weighted by Gasteiger charge is 2.30. The number of phenols is 2. The number of rotatable bonds is 6. The minimum Gasteiger partial charge on any atom is -0.504 e. The molecule has 4 aromatic carbocycles. The maximum atomic E-state index is 10.5. The fourth-order valence-corrected chi connectivity index (χ4v) is 7.41. The minimum atomic E-state index is 0.174. The van der Waals surface area contributed by atoms with Gasteiger partial charge in [0.15, 0.2) is 71.5 Å². The lowest BCUT2D eigenvalue weighted by molar-refractivity contribution is -0.686. The number of hydrogen-bond acceptors (Lipinski definition) is 8. The second kappa shape index (κ2) is 13.4. The van der Waals surface area contributed by atoms with Gasteiger partial charge in [0.25, 0.3) is 0 Å². The van der Waals surface area contributed by atoms with Crippen molar-refractivity contribution in [1.29, 1.82) is 0 Å². The highest BCUT2D eigenvalue weighted by molar-refractivity contribution is 5.94. The monoisotopic (exact) mass is 690 g/mol. The normalized spacial score (nSPS) is 12.5. The zero-order valence-electron chi connectivity index (χ0n) is 29.9. The molecule has 0 amide bonds. The Bertz CT molecular complexity index is 2340. The van der Waals surface area contributed by atoms with Gasteiger partial charge in [0.2, 0.25) is 11.4 Å². The second-order valence-electron chi connectivity index (χ2n) is 12.6. The highest BCUT2D eigenvalue weighted by atomic mass is 16.5. The molecule has 0 atom stereocenters. The number of aromatic hydroxyl groups is 2.